The minimum atomic E-state index is -0.548. The number of nitrogens with zero attached hydrogens (tertiary/aromatic N) is 1. The maximum absolute atomic E-state index is 11.6. The Kier molecular flexibility index (Phi) is 4.40. The molecular weight excluding hydrogens is 242 g/mol. The largest absolute Gasteiger partial charge is 0.294 e. The Labute approximate surface area is 104 Å². The van der Waals surface area contributed by atoms with Crippen molar-refractivity contribution in [2.75, 3.05) is 10.8 Å². The number of hydrogen-bond donors (Lipinski definition) is 0. The first kappa shape index (κ1) is 13.4. The van der Waals surface area contributed by atoms with Crippen molar-refractivity contribution in [2.45, 2.75) is 13.8 Å². The zero-order valence-corrected chi connectivity index (χ0v) is 10.3. The average molecular weight is 254 g/mol. The Morgan fingerprint density at radius 1 is 1.18 bits per heavy atom. The summed E-state index contributed by atoms with van der Waals surface area (Å²) in [6.07, 6.45) is 0. The molecule has 0 aromatic heterocycles. The maximum Gasteiger partial charge on any atom is 0.248 e. The predicted octanol–water partition coefficient (Wildman–Crippen LogP) is 2.01. The van der Waals surface area contributed by atoms with Gasteiger partial charge in [-0.2, -0.15) is 0 Å². The van der Waals surface area contributed by atoms with E-state index in [1.165, 1.54) is 13.8 Å². The van der Waals surface area contributed by atoms with Crippen LogP contribution in [0, 0.1) is 0 Å². The second-order valence-corrected chi connectivity index (χ2v) is 3.72. The van der Waals surface area contributed by atoms with Gasteiger partial charge in [-0.1, -0.05) is 12.1 Å². The van der Waals surface area contributed by atoms with Crippen LogP contribution in [0.15, 0.2) is 24.3 Å². The Morgan fingerprint density at radius 2 is 1.76 bits per heavy atom. The third-order valence-electron chi connectivity index (χ3n) is 2.20. The molecule has 1 rings (SSSR count). The van der Waals surface area contributed by atoms with Gasteiger partial charge in [0.05, 0.1) is 5.69 Å². The van der Waals surface area contributed by atoms with Crippen LogP contribution in [0.25, 0.3) is 0 Å². The Bertz CT molecular complexity index is 471. The lowest BCUT2D eigenvalue weighted by molar-refractivity contribution is -0.124. The van der Waals surface area contributed by atoms with E-state index in [4.69, 9.17) is 11.6 Å². The zero-order valence-electron chi connectivity index (χ0n) is 9.57. The number of para-hydroxylation sites is 1. The van der Waals surface area contributed by atoms with Gasteiger partial charge in [0.25, 0.3) is 0 Å². The summed E-state index contributed by atoms with van der Waals surface area (Å²) in [5.74, 6) is -1.54. The molecule has 0 aliphatic rings. The Morgan fingerprint density at radius 3 is 2.24 bits per heavy atom. The van der Waals surface area contributed by atoms with Crippen molar-refractivity contribution in [3.05, 3.63) is 29.8 Å². The van der Waals surface area contributed by atoms with E-state index in [1.54, 1.807) is 24.3 Å². The Hall–Kier alpha value is -1.68. The fourth-order valence-electron chi connectivity index (χ4n) is 1.51. The van der Waals surface area contributed by atoms with Crippen LogP contribution in [0.4, 0.5) is 5.69 Å². The van der Waals surface area contributed by atoms with Crippen molar-refractivity contribution < 1.29 is 14.4 Å². The summed E-state index contributed by atoms with van der Waals surface area (Å²) in [5, 5.41) is 0. The molecule has 0 aliphatic heterocycles. The summed E-state index contributed by atoms with van der Waals surface area (Å²) in [6, 6.07) is 6.43. The van der Waals surface area contributed by atoms with E-state index in [0.717, 1.165) is 4.90 Å². The van der Waals surface area contributed by atoms with Gasteiger partial charge in [-0.25, -0.2) is 4.90 Å². The van der Waals surface area contributed by atoms with E-state index in [0.29, 0.717) is 5.56 Å². The normalized spacial score (nSPS) is 9.82. The van der Waals surface area contributed by atoms with E-state index >= 15 is 0 Å². The number of amides is 2. The monoisotopic (exact) mass is 253 g/mol. The summed E-state index contributed by atoms with van der Waals surface area (Å²) >= 11 is 5.44. The highest BCUT2D eigenvalue weighted by Gasteiger charge is 2.22. The van der Waals surface area contributed by atoms with Crippen LogP contribution in [-0.4, -0.2) is 23.5 Å². The maximum atomic E-state index is 11.6. The molecule has 0 fully saturated rings. The number of rotatable bonds is 3. The number of carbonyl (C=O) groups is 3. The quantitative estimate of drug-likeness (QED) is 0.612. The molecule has 0 radical (unpaired) electrons. The number of imide groups is 1. The minimum Gasteiger partial charge on any atom is -0.294 e. The molecule has 0 unspecified atom stereocenters. The summed E-state index contributed by atoms with van der Waals surface area (Å²) in [5.41, 5.74) is 0.597. The van der Waals surface area contributed by atoms with Gasteiger partial charge in [-0.05, 0) is 19.1 Å². The van der Waals surface area contributed by atoms with Crippen molar-refractivity contribution >= 4 is 34.9 Å². The summed E-state index contributed by atoms with van der Waals surface area (Å²) < 4.78 is 0. The second-order valence-electron chi connectivity index (χ2n) is 3.46. The predicted molar refractivity (Wildman–Crippen MR) is 65.3 cm³/mol. The SMILES string of the molecule is CC(=O)c1ccccc1N(C(C)=O)C(=O)CCl. The number of halogens is 1. The first-order valence-corrected chi connectivity index (χ1v) is 5.52. The van der Waals surface area contributed by atoms with Gasteiger partial charge in [-0.15, -0.1) is 11.6 Å². The van der Waals surface area contributed by atoms with Crippen LogP contribution in [0.5, 0.6) is 0 Å². The van der Waals surface area contributed by atoms with Crippen molar-refractivity contribution in [3.63, 3.8) is 0 Å². The molecule has 0 atom stereocenters. The fraction of sp³-hybridized carbons (Fsp3) is 0.250. The average Bonchev–Trinajstić information content (AvgIpc) is 2.29. The summed E-state index contributed by atoms with van der Waals surface area (Å²) in [6.45, 7) is 2.63. The molecule has 0 spiro atoms. The van der Waals surface area contributed by atoms with E-state index in [2.05, 4.69) is 0 Å². The first-order chi connectivity index (χ1) is 7.99. The second kappa shape index (κ2) is 5.59. The van der Waals surface area contributed by atoms with Crippen LogP contribution < -0.4 is 4.90 Å². The molecule has 90 valence electrons. The molecule has 0 N–H and O–H groups in total. The smallest absolute Gasteiger partial charge is 0.248 e. The van der Waals surface area contributed by atoms with E-state index in [-0.39, 0.29) is 17.4 Å². The highest BCUT2D eigenvalue weighted by Crippen LogP contribution is 2.21. The van der Waals surface area contributed by atoms with Crippen LogP contribution in [0.2, 0.25) is 0 Å². The van der Waals surface area contributed by atoms with Crippen LogP contribution in [-0.2, 0) is 9.59 Å². The van der Waals surface area contributed by atoms with Crippen molar-refractivity contribution in [3.8, 4) is 0 Å². The Balaban J connectivity index is 3.33. The molecule has 0 saturated heterocycles. The van der Waals surface area contributed by atoms with Gasteiger partial charge in [0.2, 0.25) is 11.8 Å². The number of Topliss-reactive ketones (excluding diaryl/α,β-unsaturated/α-hetero) is 1. The lowest BCUT2D eigenvalue weighted by Crippen LogP contribution is -2.37. The van der Waals surface area contributed by atoms with Crippen LogP contribution >= 0.6 is 11.6 Å². The third-order valence-corrected chi connectivity index (χ3v) is 2.43. The topological polar surface area (TPSA) is 54.5 Å². The molecule has 1 aromatic rings. The molecule has 1 aromatic carbocycles. The van der Waals surface area contributed by atoms with Gasteiger partial charge < -0.3 is 0 Å². The summed E-state index contributed by atoms with van der Waals surface area (Å²) in [4.78, 5) is 35.4. The number of hydrogen-bond acceptors (Lipinski definition) is 3. The first-order valence-electron chi connectivity index (χ1n) is 4.98. The number of ketones is 1. The molecule has 5 heteroatoms. The highest BCUT2D eigenvalue weighted by molar-refractivity contribution is 6.33. The standard InChI is InChI=1S/C12H12ClNO3/c1-8(15)10-5-3-4-6-11(10)14(9(2)16)12(17)7-13/h3-6H,7H2,1-2H3. The number of alkyl halides is 1. The van der Waals surface area contributed by atoms with Gasteiger partial charge in [0, 0.05) is 12.5 Å². The lowest BCUT2D eigenvalue weighted by Gasteiger charge is -2.20. The van der Waals surface area contributed by atoms with Gasteiger partial charge in [0.15, 0.2) is 5.78 Å². The molecule has 17 heavy (non-hydrogen) atoms. The van der Waals surface area contributed by atoms with Crippen molar-refractivity contribution in [1.82, 2.24) is 0 Å². The van der Waals surface area contributed by atoms with E-state index < -0.39 is 11.8 Å². The van der Waals surface area contributed by atoms with Crippen LogP contribution in [0.1, 0.15) is 24.2 Å². The molecule has 0 aliphatic carbocycles. The highest BCUT2D eigenvalue weighted by atomic mass is 35.5. The number of anilines is 1. The fourth-order valence-corrected chi connectivity index (χ4v) is 1.63. The third kappa shape index (κ3) is 2.91. The molecular formula is C12H12ClNO3. The number of benzene rings is 1. The minimum absolute atomic E-state index is 0.214. The van der Waals surface area contributed by atoms with Crippen molar-refractivity contribution in [1.29, 1.82) is 0 Å². The lowest BCUT2D eigenvalue weighted by atomic mass is 10.1. The van der Waals surface area contributed by atoms with Gasteiger partial charge in [-0.3, -0.25) is 14.4 Å². The summed E-state index contributed by atoms with van der Waals surface area (Å²) in [7, 11) is 0. The van der Waals surface area contributed by atoms with Crippen molar-refractivity contribution in [2.24, 2.45) is 0 Å². The molecule has 0 bridgehead atoms. The van der Waals surface area contributed by atoms with E-state index in [9.17, 15) is 14.4 Å². The van der Waals surface area contributed by atoms with Crippen LogP contribution in [0.3, 0.4) is 0 Å². The molecule has 2 amide bonds. The molecule has 0 saturated carbocycles. The zero-order chi connectivity index (χ0) is 13.0. The van der Waals surface area contributed by atoms with Gasteiger partial charge in [0.1, 0.15) is 5.88 Å². The molecule has 4 nitrogen and oxygen atoms in total. The van der Waals surface area contributed by atoms with E-state index in [1.807, 2.05) is 0 Å². The number of carbonyl (C=O) groups excluding carboxylic acids is 3. The molecule has 0 heterocycles. The van der Waals surface area contributed by atoms with Gasteiger partial charge >= 0.3 is 0 Å².